The zero-order valence-electron chi connectivity index (χ0n) is 11.3. The van der Waals surface area contributed by atoms with Crippen molar-refractivity contribution in [2.45, 2.75) is 25.4 Å². The number of aliphatic hydroxyl groups is 1. The first-order valence-electron chi connectivity index (χ1n) is 6.19. The van der Waals surface area contributed by atoms with Crippen LogP contribution in [0.1, 0.15) is 18.9 Å². The van der Waals surface area contributed by atoms with Crippen LogP contribution in [0.5, 0.6) is 5.75 Å². The molecule has 0 aromatic heterocycles. The number of phenols is 1. The Morgan fingerprint density at radius 2 is 2.21 bits per heavy atom. The van der Waals surface area contributed by atoms with E-state index in [0.29, 0.717) is 13.0 Å². The van der Waals surface area contributed by atoms with Crippen LogP contribution in [0.4, 0.5) is 0 Å². The Morgan fingerprint density at radius 3 is 2.84 bits per heavy atom. The van der Waals surface area contributed by atoms with E-state index in [9.17, 15) is 15.0 Å². The highest BCUT2D eigenvalue weighted by Gasteiger charge is 2.20. The maximum absolute atomic E-state index is 11.7. The molecule has 0 heterocycles. The quantitative estimate of drug-likeness (QED) is 0.684. The third-order valence-corrected chi connectivity index (χ3v) is 2.79. The van der Waals surface area contributed by atoms with Gasteiger partial charge in [0.1, 0.15) is 5.75 Å². The number of methoxy groups -OCH3 is 1. The molecule has 5 nitrogen and oxygen atoms in total. The van der Waals surface area contributed by atoms with Crippen LogP contribution < -0.4 is 5.32 Å². The van der Waals surface area contributed by atoms with Crippen molar-refractivity contribution >= 4 is 5.91 Å². The fourth-order valence-corrected chi connectivity index (χ4v) is 1.61. The molecule has 3 N–H and O–H groups in total. The lowest BCUT2D eigenvalue weighted by Crippen LogP contribution is -2.41. The summed E-state index contributed by atoms with van der Waals surface area (Å²) in [5.41, 5.74) is -0.251. The van der Waals surface area contributed by atoms with E-state index in [4.69, 9.17) is 4.74 Å². The molecule has 1 rings (SSSR count). The van der Waals surface area contributed by atoms with Gasteiger partial charge in [-0.25, -0.2) is 0 Å². The van der Waals surface area contributed by atoms with Gasteiger partial charge >= 0.3 is 0 Å². The summed E-state index contributed by atoms with van der Waals surface area (Å²) < 4.78 is 4.89. The molecule has 1 aromatic rings. The van der Waals surface area contributed by atoms with Gasteiger partial charge < -0.3 is 20.3 Å². The van der Waals surface area contributed by atoms with E-state index >= 15 is 0 Å². The first kappa shape index (κ1) is 15.5. The molecule has 1 atom stereocenters. The summed E-state index contributed by atoms with van der Waals surface area (Å²) in [6, 6.07) is 6.55. The topological polar surface area (TPSA) is 78.8 Å². The number of ether oxygens (including phenoxy) is 1. The molecule has 0 aliphatic rings. The van der Waals surface area contributed by atoms with Gasteiger partial charge in [-0.2, -0.15) is 0 Å². The molecule has 0 fully saturated rings. The number of aromatic hydroxyl groups is 1. The van der Waals surface area contributed by atoms with E-state index in [1.165, 1.54) is 0 Å². The van der Waals surface area contributed by atoms with Crippen molar-refractivity contribution in [3.05, 3.63) is 29.8 Å². The van der Waals surface area contributed by atoms with Crippen molar-refractivity contribution in [1.29, 1.82) is 0 Å². The number of hydrogen-bond acceptors (Lipinski definition) is 4. The van der Waals surface area contributed by atoms with E-state index in [1.807, 2.05) is 0 Å². The van der Waals surface area contributed by atoms with Gasteiger partial charge in [0.25, 0.3) is 0 Å². The van der Waals surface area contributed by atoms with Crippen LogP contribution in [0.25, 0.3) is 0 Å². The molecule has 0 saturated carbocycles. The molecular formula is C14H21NO4. The fraction of sp³-hybridized carbons (Fsp3) is 0.500. The average molecular weight is 267 g/mol. The highest BCUT2D eigenvalue weighted by Crippen LogP contribution is 2.12. The molecule has 0 spiro atoms. The number of nitrogens with one attached hydrogen (secondary N) is 1. The molecule has 0 radical (unpaired) electrons. The fourth-order valence-electron chi connectivity index (χ4n) is 1.61. The monoisotopic (exact) mass is 267 g/mol. The van der Waals surface area contributed by atoms with Crippen LogP contribution in [0.15, 0.2) is 24.3 Å². The van der Waals surface area contributed by atoms with Gasteiger partial charge in [0.2, 0.25) is 5.91 Å². The number of carbonyl (C=O) groups excluding carboxylic acids is 1. The Hall–Kier alpha value is -1.59. The van der Waals surface area contributed by atoms with Crippen LogP contribution in [0.3, 0.4) is 0 Å². The van der Waals surface area contributed by atoms with Crippen molar-refractivity contribution in [3.63, 3.8) is 0 Å². The number of hydrogen-bond donors (Lipinski definition) is 3. The second-order valence-electron chi connectivity index (χ2n) is 4.86. The van der Waals surface area contributed by atoms with Gasteiger partial charge in [-0.05, 0) is 24.6 Å². The van der Waals surface area contributed by atoms with Crippen molar-refractivity contribution in [3.8, 4) is 5.75 Å². The average Bonchev–Trinajstić information content (AvgIpc) is 2.34. The number of phenolic OH excluding ortho intramolecular Hbond substituents is 1. The normalized spacial score (nSPS) is 13.8. The minimum absolute atomic E-state index is 0.136. The van der Waals surface area contributed by atoms with Crippen molar-refractivity contribution in [1.82, 2.24) is 5.32 Å². The lowest BCUT2D eigenvalue weighted by molar-refractivity contribution is -0.121. The number of amides is 1. The van der Waals surface area contributed by atoms with E-state index in [1.54, 1.807) is 38.3 Å². The van der Waals surface area contributed by atoms with Gasteiger partial charge in [-0.1, -0.05) is 12.1 Å². The Morgan fingerprint density at radius 1 is 1.47 bits per heavy atom. The molecule has 1 unspecified atom stereocenters. The highest BCUT2D eigenvalue weighted by atomic mass is 16.5. The second-order valence-corrected chi connectivity index (χ2v) is 4.86. The van der Waals surface area contributed by atoms with Gasteiger partial charge in [-0.3, -0.25) is 4.79 Å². The zero-order valence-corrected chi connectivity index (χ0v) is 11.3. The SMILES string of the molecule is COCCC(C)(O)CNC(=O)Cc1cccc(O)c1. The first-order chi connectivity index (χ1) is 8.93. The van der Waals surface area contributed by atoms with Crippen LogP contribution in [-0.2, 0) is 16.0 Å². The van der Waals surface area contributed by atoms with E-state index in [2.05, 4.69) is 5.32 Å². The van der Waals surface area contributed by atoms with Crippen LogP contribution in [0, 0.1) is 0 Å². The summed E-state index contributed by atoms with van der Waals surface area (Å²) in [5, 5.41) is 21.9. The standard InChI is InChI=1S/C14H21NO4/c1-14(18,6-7-19-2)10-15-13(17)9-11-4-3-5-12(16)8-11/h3-5,8,16,18H,6-7,9-10H2,1-2H3,(H,15,17). The van der Waals surface area contributed by atoms with E-state index in [-0.39, 0.29) is 24.6 Å². The summed E-state index contributed by atoms with van der Waals surface area (Å²) in [6.45, 7) is 2.27. The van der Waals surface area contributed by atoms with E-state index < -0.39 is 5.60 Å². The van der Waals surface area contributed by atoms with Crippen LogP contribution in [0.2, 0.25) is 0 Å². The third-order valence-electron chi connectivity index (χ3n) is 2.79. The predicted molar refractivity (Wildman–Crippen MR) is 71.9 cm³/mol. The Labute approximate surface area is 113 Å². The molecule has 106 valence electrons. The smallest absolute Gasteiger partial charge is 0.224 e. The molecule has 0 bridgehead atoms. The Balaban J connectivity index is 2.39. The molecule has 19 heavy (non-hydrogen) atoms. The number of benzene rings is 1. The number of rotatable bonds is 7. The first-order valence-corrected chi connectivity index (χ1v) is 6.19. The molecular weight excluding hydrogens is 246 g/mol. The molecule has 0 aliphatic heterocycles. The molecule has 0 saturated heterocycles. The van der Waals surface area contributed by atoms with Gasteiger partial charge in [-0.15, -0.1) is 0 Å². The molecule has 0 aliphatic carbocycles. The highest BCUT2D eigenvalue weighted by molar-refractivity contribution is 5.78. The summed E-state index contributed by atoms with van der Waals surface area (Å²) in [5.74, 6) is -0.0549. The molecule has 1 amide bonds. The van der Waals surface area contributed by atoms with Gasteiger partial charge in [0.05, 0.1) is 12.0 Å². The third kappa shape index (κ3) is 6.22. The lowest BCUT2D eigenvalue weighted by Gasteiger charge is -2.23. The Bertz CT molecular complexity index is 418. The number of carbonyl (C=O) groups is 1. The molecule has 5 heteroatoms. The van der Waals surface area contributed by atoms with Crippen LogP contribution in [-0.4, -0.2) is 42.0 Å². The lowest BCUT2D eigenvalue weighted by atomic mass is 10.0. The predicted octanol–water partition coefficient (Wildman–Crippen LogP) is 0.838. The zero-order chi connectivity index (χ0) is 14.3. The maximum Gasteiger partial charge on any atom is 0.224 e. The summed E-state index contributed by atoms with van der Waals surface area (Å²) in [7, 11) is 1.57. The minimum Gasteiger partial charge on any atom is -0.508 e. The van der Waals surface area contributed by atoms with Crippen molar-refractivity contribution in [2.75, 3.05) is 20.3 Å². The van der Waals surface area contributed by atoms with Gasteiger partial charge in [0.15, 0.2) is 0 Å². The maximum atomic E-state index is 11.7. The van der Waals surface area contributed by atoms with Gasteiger partial charge in [0, 0.05) is 26.7 Å². The molecule has 1 aromatic carbocycles. The summed E-state index contributed by atoms with van der Waals surface area (Å²) in [4.78, 5) is 11.7. The summed E-state index contributed by atoms with van der Waals surface area (Å²) in [6.07, 6.45) is 0.630. The second kappa shape index (κ2) is 7.11. The van der Waals surface area contributed by atoms with Crippen molar-refractivity contribution in [2.24, 2.45) is 0 Å². The Kier molecular flexibility index (Phi) is 5.79. The van der Waals surface area contributed by atoms with Crippen molar-refractivity contribution < 1.29 is 19.7 Å². The minimum atomic E-state index is -0.982. The largest absolute Gasteiger partial charge is 0.508 e. The summed E-state index contributed by atoms with van der Waals surface area (Å²) >= 11 is 0. The van der Waals surface area contributed by atoms with Crippen LogP contribution >= 0.6 is 0 Å². The van der Waals surface area contributed by atoms with E-state index in [0.717, 1.165) is 5.56 Å².